The monoisotopic (exact) mass is 536 g/mol. The third kappa shape index (κ3) is 4.86. The molecule has 12 nitrogen and oxygen atoms in total. The number of nitrogens with one attached hydrogen (secondary N) is 1. The van der Waals surface area contributed by atoms with Crippen molar-refractivity contribution in [1.29, 1.82) is 0 Å². The largest absolute Gasteiger partial charge is 0.457 e. The first-order chi connectivity index (χ1) is 19.5. The van der Waals surface area contributed by atoms with Crippen molar-refractivity contribution in [2.75, 3.05) is 36.4 Å². The lowest BCUT2D eigenvalue weighted by Gasteiger charge is -2.34. The summed E-state index contributed by atoms with van der Waals surface area (Å²) in [6.45, 7) is 8.09. The molecule has 0 spiro atoms. The van der Waals surface area contributed by atoms with E-state index in [1.54, 1.807) is 15.8 Å². The molecule has 2 aromatic carbocycles. The lowest BCUT2D eigenvalue weighted by atomic mass is 10.1. The quantitative estimate of drug-likeness (QED) is 0.308. The molecule has 5 aromatic rings. The highest BCUT2D eigenvalue weighted by Gasteiger charge is 2.22. The highest BCUT2D eigenvalue weighted by Crippen LogP contribution is 2.31. The first-order valence-electron chi connectivity index (χ1n) is 13.0. The fourth-order valence-electron chi connectivity index (χ4n) is 4.73. The summed E-state index contributed by atoms with van der Waals surface area (Å²) in [5.41, 5.74) is 4.86. The molecule has 12 heteroatoms. The van der Waals surface area contributed by atoms with E-state index in [9.17, 15) is 4.79 Å². The number of fused-ring (bicyclic) bond motifs is 2. The van der Waals surface area contributed by atoms with Gasteiger partial charge in [-0.1, -0.05) is 18.7 Å². The maximum absolute atomic E-state index is 11.9. The number of hydrogen-bond donors (Lipinski definition) is 1. The molecule has 0 radical (unpaired) electrons. The topological polar surface area (TPSA) is 127 Å². The molecule has 4 heterocycles. The van der Waals surface area contributed by atoms with Crippen LogP contribution in [0.1, 0.15) is 12.5 Å². The molecule has 0 saturated carbocycles. The van der Waals surface area contributed by atoms with E-state index < -0.39 is 0 Å². The fourth-order valence-corrected chi connectivity index (χ4v) is 4.73. The van der Waals surface area contributed by atoms with Gasteiger partial charge >= 0.3 is 0 Å². The van der Waals surface area contributed by atoms with Crippen molar-refractivity contribution in [2.24, 2.45) is 7.05 Å². The van der Waals surface area contributed by atoms with Gasteiger partial charge in [0.1, 0.15) is 34.4 Å². The molecule has 40 heavy (non-hydrogen) atoms. The number of benzene rings is 2. The summed E-state index contributed by atoms with van der Waals surface area (Å²) in [7, 11) is 1.86. The van der Waals surface area contributed by atoms with Crippen molar-refractivity contribution in [2.45, 2.75) is 13.3 Å². The number of piperazine rings is 1. The minimum absolute atomic E-state index is 0.0617. The molecule has 0 atom stereocenters. The van der Waals surface area contributed by atoms with Crippen LogP contribution < -0.4 is 15.0 Å². The van der Waals surface area contributed by atoms with Crippen LogP contribution in [-0.2, 0) is 18.3 Å². The summed E-state index contributed by atoms with van der Waals surface area (Å²) < 4.78 is 7.95. The Morgan fingerprint density at radius 3 is 2.73 bits per heavy atom. The van der Waals surface area contributed by atoms with Crippen molar-refractivity contribution in [3.8, 4) is 11.5 Å². The van der Waals surface area contributed by atoms with Gasteiger partial charge in [-0.15, -0.1) is 5.10 Å². The zero-order chi connectivity index (χ0) is 27.6. The molecule has 1 amide bonds. The maximum atomic E-state index is 11.9. The third-order valence-corrected chi connectivity index (χ3v) is 6.93. The molecule has 1 saturated heterocycles. The molecule has 6 rings (SSSR count). The van der Waals surface area contributed by atoms with Crippen molar-refractivity contribution in [3.63, 3.8) is 0 Å². The molecule has 3 aromatic heterocycles. The number of aromatic nitrogens is 7. The van der Waals surface area contributed by atoms with Gasteiger partial charge in [0, 0.05) is 45.0 Å². The summed E-state index contributed by atoms with van der Waals surface area (Å²) in [5.74, 6) is 2.56. The van der Waals surface area contributed by atoms with Gasteiger partial charge in [-0.3, -0.25) is 4.79 Å². The standard InChI is InChI=1S/C28H28N10O2/c1-4-18-14-19(6-9-24(18)40-20-7-8-23-21(15-20)34-35-36(23)3)32-27-26-22(30-17-31-27)16-29-28(33-26)38-12-10-37(11-13-38)25(39)5-2/h5-9,14-17H,2,4,10-13H2,1,3H3,(H,30,31,32). The first-order valence-corrected chi connectivity index (χ1v) is 13.0. The van der Waals surface area contributed by atoms with Gasteiger partial charge < -0.3 is 19.9 Å². The molecule has 0 aliphatic carbocycles. The Labute approximate surface area is 230 Å². The summed E-state index contributed by atoms with van der Waals surface area (Å²) in [4.78, 5) is 33.9. The number of nitrogens with zero attached hydrogens (tertiary/aromatic N) is 9. The normalized spacial score (nSPS) is 13.6. The Morgan fingerprint density at radius 2 is 1.93 bits per heavy atom. The lowest BCUT2D eigenvalue weighted by Crippen LogP contribution is -2.48. The highest BCUT2D eigenvalue weighted by atomic mass is 16.5. The summed E-state index contributed by atoms with van der Waals surface area (Å²) in [6, 6.07) is 11.7. The molecule has 1 N–H and O–H groups in total. The average Bonchev–Trinajstić information content (AvgIpc) is 3.37. The number of amides is 1. The number of carbonyl (C=O) groups excluding carboxylic acids is 1. The number of anilines is 3. The Balaban J connectivity index is 1.23. The predicted octanol–water partition coefficient (Wildman–Crippen LogP) is 3.63. The SMILES string of the molecule is C=CC(=O)N1CCN(c2ncc3ncnc(Nc4ccc(Oc5ccc6c(c5)nnn6C)c(CC)c4)c3n2)CC1. The zero-order valence-corrected chi connectivity index (χ0v) is 22.3. The second-order valence-electron chi connectivity index (χ2n) is 9.41. The van der Waals surface area contributed by atoms with Crippen LogP contribution in [0.2, 0.25) is 0 Å². The van der Waals surface area contributed by atoms with Gasteiger partial charge in [-0.05, 0) is 48.4 Å². The van der Waals surface area contributed by atoms with Crippen LogP contribution in [0.5, 0.6) is 11.5 Å². The van der Waals surface area contributed by atoms with Gasteiger partial charge in [-0.25, -0.2) is 24.6 Å². The number of aryl methyl sites for hydroxylation is 2. The second-order valence-corrected chi connectivity index (χ2v) is 9.41. The van der Waals surface area contributed by atoms with Crippen LogP contribution in [0.4, 0.5) is 17.5 Å². The molecule has 1 aliphatic rings. The number of rotatable bonds is 7. The van der Waals surface area contributed by atoms with Gasteiger partial charge in [-0.2, -0.15) is 0 Å². The third-order valence-electron chi connectivity index (χ3n) is 6.93. The van der Waals surface area contributed by atoms with Crippen LogP contribution in [0.3, 0.4) is 0 Å². The minimum Gasteiger partial charge on any atom is -0.457 e. The molecule has 0 unspecified atom stereocenters. The molecule has 1 fully saturated rings. The first kappa shape index (κ1) is 25.2. The Kier molecular flexibility index (Phi) is 6.64. The zero-order valence-electron chi connectivity index (χ0n) is 22.3. The van der Waals surface area contributed by atoms with Crippen molar-refractivity contribution >= 4 is 45.4 Å². The molecule has 0 bridgehead atoms. The van der Waals surface area contributed by atoms with Gasteiger partial charge in [0.15, 0.2) is 5.82 Å². The number of ether oxygens (including phenoxy) is 1. The molecular weight excluding hydrogens is 508 g/mol. The van der Waals surface area contributed by atoms with E-state index in [2.05, 4.69) is 49.0 Å². The van der Waals surface area contributed by atoms with E-state index in [4.69, 9.17) is 9.72 Å². The van der Waals surface area contributed by atoms with Gasteiger partial charge in [0.25, 0.3) is 0 Å². The van der Waals surface area contributed by atoms with E-state index in [0.29, 0.717) is 54.7 Å². The Morgan fingerprint density at radius 1 is 1.07 bits per heavy atom. The van der Waals surface area contributed by atoms with Crippen molar-refractivity contribution < 1.29 is 9.53 Å². The van der Waals surface area contributed by atoms with Crippen molar-refractivity contribution in [3.05, 3.63) is 67.1 Å². The Hall–Kier alpha value is -5.13. The van der Waals surface area contributed by atoms with E-state index in [0.717, 1.165) is 34.5 Å². The van der Waals surface area contributed by atoms with E-state index in [1.165, 1.54) is 12.4 Å². The van der Waals surface area contributed by atoms with Crippen LogP contribution in [-0.4, -0.2) is 71.9 Å². The maximum Gasteiger partial charge on any atom is 0.246 e. The van der Waals surface area contributed by atoms with Crippen LogP contribution in [0.25, 0.3) is 22.1 Å². The van der Waals surface area contributed by atoms with Gasteiger partial charge in [0.05, 0.1) is 11.7 Å². The fraction of sp³-hybridized carbons (Fsp3) is 0.250. The minimum atomic E-state index is -0.0617. The van der Waals surface area contributed by atoms with E-state index >= 15 is 0 Å². The molecular formula is C28H28N10O2. The number of hydrogen-bond acceptors (Lipinski definition) is 10. The highest BCUT2D eigenvalue weighted by molar-refractivity contribution is 5.88. The smallest absolute Gasteiger partial charge is 0.246 e. The summed E-state index contributed by atoms with van der Waals surface area (Å²) >= 11 is 0. The lowest BCUT2D eigenvalue weighted by molar-refractivity contribution is -0.126. The van der Waals surface area contributed by atoms with Gasteiger partial charge in [0.2, 0.25) is 11.9 Å². The van der Waals surface area contributed by atoms with Crippen LogP contribution >= 0.6 is 0 Å². The van der Waals surface area contributed by atoms with Crippen molar-refractivity contribution in [1.82, 2.24) is 39.8 Å². The van der Waals surface area contributed by atoms with E-state index in [-0.39, 0.29) is 5.91 Å². The molecule has 202 valence electrons. The number of carbonyl (C=O) groups is 1. The Bertz CT molecular complexity index is 1730. The average molecular weight is 537 g/mol. The second kappa shape index (κ2) is 10.6. The summed E-state index contributed by atoms with van der Waals surface area (Å²) in [6.07, 6.45) is 5.32. The van der Waals surface area contributed by atoms with Crippen LogP contribution in [0, 0.1) is 0 Å². The predicted molar refractivity (Wildman–Crippen MR) is 152 cm³/mol. The van der Waals surface area contributed by atoms with E-state index in [1.807, 2.05) is 43.4 Å². The molecule has 1 aliphatic heterocycles. The summed E-state index contributed by atoms with van der Waals surface area (Å²) in [5, 5.41) is 11.6. The van der Waals surface area contributed by atoms with Crippen LogP contribution in [0.15, 0.2) is 61.6 Å².